The molecule has 148 valence electrons. The fourth-order valence-corrected chi connectivity index (χ4v) is 4.06. The van der Waals surface area contributed by atoms with Gasteiger partial charge in [-0.2, -0.15) is 0 Å². The van der Waals surface area contributed by atoms with E-state index in [9.17, 15) is 4.79 Å². The number of hydrogen-bond acceptors (Lipinski definition) is 3. The second kappa shape index (κ2) is 7.79. The van der Waals surface area contributed by atoms with Gasteiger partial charge in [0.2, 0.25) is 5.91 Å². The minimum absolute atomic E-state index is 0.0508. The number of amides is 1. The molecule has 1 spiro atoms. The number of rotatable bonds is 3. The molecule has 0 radical (unpaired) electrons. The van der Waals surface area contributed by atoms with Crippen LogP contribution in [0.3, 0.4) is 0 Å². The van der Waals surface area contributed by atoms with Gasteiger partial charge in [0, 0.05) is 24.6 Å². The maximum absolute atomic E-state index is 12.1. The van der Waals surface area contributed by atoms with E-state index in [1.165, 1.54) is 12.8 Å². The number of nitrogens with one attached hydrogen (secondary N) is 3. The lowest BCUT2D eigenvalue weighted by Crippen LogP contribution is -2.50. The van der Waals surface area contributed by atoms with Crippen LogP contribution in [0.25, 0.3) is 0 Å². The van der Waals surface area contributed by atoms with Crippen molar-refractivity contribution in [2.24, 2.45) is 4.99 Å². The quantitative estimate of drug-likeness (QED) is 0.563. The van der Waals surface area contributed by atoms with Gasteiger partial charge in [-0.1, -0.05) is 18.2 Å². The zero-order valence-corrected chi connectivity index (χ0v) is 16.9. The fourth-order valence-electron chi connectivity index (χ4n) is 4.06. The Kier molecular flexibility index (Phi) is 5.63. The fraction of sp³-hybridized carbons (Fsp3) is 0.619. The van der Waals surface area contributed by atoms with Crippen molar-refractivity contribution in [1.82, 2.24) is 16.0 Å². The molecule has 1 unspecified atom stereocenters. The summed E-state index contributed by atoms with van der Waals surface area (Å²) in [5, 5.41) is 9.60. The lowest BCUT2D eigenvalue weighted by atomic mass is 9.86. The van der Waals surface area contributed by atoms with Gasteiger partial charge in [0.05, 0.1) is 12.6 Å². The lowest BCUT2D eigenvalue weighted by Gasteiger charge is -2.40. The second-order valence-corrected chi connectivity index (χ2v) is 8.65. The number of carbonyl (C=O) groups excluding carboxylic acids is 1. The molecule has 1 aliphatic carbocycles. The van der Waals surface area contributed by atoms with Gasteiger partial charge < -0.3 is 20.7 Å². The molecule has 1 heterocycles. The van der Waals surface area contributed by atoms with Crippen molar-refractivity contribution in [3.05, 3.63) is 29.8 Å². The van der Waals surface area contributed by atoms with Crippen molar-refractivity contribution < 1.29 is 9.53 Å². The number of para-hydroxylation sites is 1. The summed E-state index contributed by atoms with van der Waals surface area (Å²) in [6, 6.07) is 8.33. The molecule has 2 aliphatic rings. The van der Waals surface area contributed by atoms with Gasteiger partial charge in [0.25, 0.3) is 0 Å². The number of ether oxygens (including phenoxy) is 1. The highest BCUT2D eigenvalue weighted by Gasteiger charge is 2.43. The van der Waals surface area contributed by atoms with Crippen LogP contribution >= 0.6 is 0 Å². The Balaban J connectivity index is 1.68. The van der Waals surface area contributed by atoms with E-state index < -0.39 is 0 Å². The third kappa shape index (κ3) is 4.93. The Morgan fingerprint density at radius 2 is 1.96 bits per heavy atom. The Bertz CT molecular complexity index is 702. The van der Waals surface area contributed by atoms with E-state index in [0.29, 0.717) is 5.96 Å². The molecule has 27 heavy (non-hydrogen) atoms. The van der Waals surface area contributed by atoms with E-state index in [-0.39, 0.29) is 29.6 Å². The van der Waals surface area contributed by atoms with Crippen LogP contribution in [0.1, 0.15) is 64.5 Å². The highest BCUT2D eigenvalue weighted by atomic mass is 16.5. The van der Waals surface area contributed by atoms with Crippen molar-refractivity contribution in [3.8, 4) is 5.75 Å². The summed E-state index contributed by atoms with van der Waals surface area (Å²) >= 11 is 0. The molecule has 1 fully saturated rings. The summed E-state index contributed by atoms with van der Waals surface area (Å²) in [6.45, 7) is 6.10. The second-order valence-electron chi connectivity index (χ2n) is 8.65. The average Bonchev–Trinajstić information content (AvgIpc) is 3.04. The van der Waals surface area contributed by atoms with Crippen LogP contribution in [0.15, 0.2) is 29.3 Å². The lowest BCUT2D eigenvalue weighted by molar-refractivity contribution is -0.121. The summed E-state index contributed by atoms with van der Waals surface area (Å²) < 4.78 is 6.41. The zero-order chi connectivity index (χ0) is 19.5. The standard InChI is InChI=1S/C21H32N4O2/c1-20(2,3)25-18(26)14-23-19(22-4)24-16-13-21(11-7-8-12-21)27-17-10-6-5-9-15(16)17/h5-6,9-10,16H,7-8,11-14H2,1-4H3,(H,25,26)(H2,22,23,24). The maximum Gasteiger partial charge on any atom is 0.239 e. The number of hydrogen-bond donors (Lipinski definition) is 3. The summed E-state index contributed by atoms with van der Waals surface area (Å²) in [5.41, 5.74) is 0.829. The molecule has 6 nitrogen and oxygen atoms in total. The van der Waals surface area contributed by atoms with E-state index in [1.54, 1.807) is 7.05 Å². The Morgan fingerprint density at radius 1 is 1.26 bits per heavy atom. The molecule has 1 saturated carbocycles. The topological polar surface area (TPSA) is 74.8 Å². The van der Waals surface area contributed by atoms with Crippen LogP contribution in [0.2, 0.25) is 0 Å². The third-order valence-electron chi connectivity index (χ3n) is 5.18. The van der Waals surface area contributed by atoms with Gasteiger partial charge in [0.1, 0.15) is 11.4 Å². The minimum atomic E-state index is -0.246. The average molecular weight is 373 g/mol. The first-order chi connectivity index (χ1) is 12.8. The molecule has 3 N–H and O–H groups in total. The van der Waals surface area contributed by atoms with Crippen LogP contribution in [-0.4, -0.2) is 36.6 Å². The first kappa shape index (κ1) is 19.5. The van der Waals surface area contributed by atoms with Gasteiger partial charge in [0.15, 0.2) is 5.96 Å². The molecule has 1 aromatic rings. The smallest absolute Gasteiger partial charge is 0.239 e. The molecule has 1 amide bonds. The number of fused-ring (bicyclic) bond motifs is 1. The number of guanidine groups is 1. The molecule has 1 aliphatic heterocycles. The van der Waals surface area contributed by atoms with Gasteiger partial charge in [-0.05, 0) is 52.5 Å². The number of nitrogens with zero attached hydrogens (tertiary/aromatic N) is 1. The SMILES string of the molecule is CN=C(NCC(=O)NC(C)(C)C)NC1CC2(CCCC2)Oc2ccccc21. The van der Waals surface area contributed by atoms with Crippen LogP contribution in [0.4, 0.5) is 0 Å². The number of carbonyl (C=O) groups is 1. The zero-order valence-electron chi connectivity index (χ0n) is 16.9. The Hall–Kier alpha value is -2.24. The summed E-state index contributed by atoms with van der Waals surface area (Å²) in [6.07, 6.45) is 5.54. The van der Waals surface area contributed by atoms with Crippen molar-refractivity contribution in [1.29, 1.82) is 0 Å². The minimum Gasteiger partial charge on any atom is -0.487 e. The predicted molar refractivity (Wildman–Crippen MR) is 108 cm³/mol. The molecule has 1 aromatic carbocycles. The first-order valence-electron chi connectivity index (χ1n) is 9.86. The Morgan fingerprint density at radius 3 is 2.63 bits per heavy atom. The van der Waals surface area contributed by atoms with Crippen LogP contribution in [0.5, 0.6) is 5.75 Å². The van der Waals surface area contributed by atoms with Crippen molar-refractivity contribution >= 4 is 11.9 Å². The van der Waals surface area contributed by atoms with E-state index in [4.69, 9.17) is 4.74 Å². The monoisotopic (exact) mass is 372 g/mol. The maximum atomic E-state index is 12.1. The molecule has 6 heteroatoms. The highest BCUT2D eigenvalue weighted by molar-refractivity contribution is 5.87. The van der Waals surface area contributed by atoms with Crippen LogP contribution in [-0.2, 0) is 4.79 Å². The summed E-state index contributed by atoms with van der Waals surface area (Å²) in [7, 11) is 1.73. The first-order valence-corrected chi connectivity index (χ1v) is 9.86. The number of benzene rings is 1. The van der Waals surface area contributed by atoms with E-state index in [0.717, 1.165) is 30.6 Å². The summed E-state index contributed by atoms with van der Waals surface area (Å²) in [5.74, 6) is 1.54. The van der Waals surface area contributed by atoms with E-state index in [1.807, 2.05) is 32.9 Å². The van der Waals surface area contributed by atoms with Crippen molar-refractivity contribution in [2.45, 2.75) is 70.1 Å². The number of aliphatic imine (C=N–C) groups is 1. The van der Waals surface area contributed by atoms with Crippen LogP contribution < -0.4 is 20.7 Å². The van der Waals surface area contributed by atoms with Gasteiger partial charge in [-0.3, -0.25) is 9.79 Å². The van der Waals surface area contributed by atoms with Crippen molar-refractivity contribution in [3.63, 3.8) is 0 Å². The molecular formula is C21H32N4O2. The predicted octanol–water partition coefficient (Wildman–Crippen LogP) is 2.90. The molecule has 0 bridgehead atoms. The molecule has 0 aromatic heterocycles. The largest absolute Gasteiger partial charge is 0.487 e. The molecule has 1 atom stereocenters. The van der Waals surface area contributed by atoms with Gasteiger partial charge in [-0.15, -0.1) is 0 Å². The molecule has 0 saturated heterocycles. The van der Waals surface area contributed by atoms with E-state index >= 15 is 0 Å². The molecular weight excluding hydrogens is 340 g/mol. The highest BCUT2D eigenvalue weighted by Crippen LogP contribution is 2.46. The third-order valence-corrected chi connectivity index (χ3v) is 5.18. The van der Waals surface area contributed by atoms with E-state index in [2.05, 4.69) is 33.1 Å². The Labute approximate surface area is 162 Å². The normalized spacial score (nSPS) is 21.3. The van der Waals surface area contributed by atoms with Crippen molar-refractivity contribution in [2.75, 3.05) is 13.6 Å². The van der Waals surface area contributed by atoms with Gasteiger partial charge >= 0.3 is 0 Å². The summed E-state index contributed by atoms with van der Waals surface area (Å²) in [4.78, 5) is 16.4. The molecule has 3 rings (SSSR count). The van der Waals surface area contributed by atoms with Gasteiger partial charge in [-0.25, -0.2) is 0 Å². The van der Waals surface area contributed by atoms with Crippen LogP contribution in [0, 0.1) is 0 Å².